The van der Waals surface area contributed by atoms with Gasteiger partial charge in [-0.1, -0.05) is 13.0 Å². The number of amides is 1. The Balaban J connectivity index is 1.68. The van der Waals surface area contributed by atoms with Gasteiger partial charge in [0.2, 0.25) is 5.88 Å². The SMILES string of the molecule is CCC(C)Oc1cc(C(=O)NCc2nnc3ccccn23)ccn1. The Labute approximate surface area is 139 Å². The highest BCUT2D eigenvalue weighted by Gasteiger charge is 2.11. The lowest BCUT2D eigenvalue weighted by Gasteiger charge is -2.12. The summed E-state index contributed by atoms with van der Waals surface area (Å²) in [6, 6.07) is 8.94. The van der Waals surface area contributed by atoms with Crippen LogP contribution in [0.25, 0.3) is 5.65 Å². The molecule has 1 unspecified atom stereocenters. The molecule has 0 bridgehead atoms. The van der Waals surface area contributed by atoms with Crippen molar-refractivity contribution in [3.8, 4) is 5.88 Å². The third-order valence-electron chi connectivity index (χ3n) is 3.69. The third kappa shape index (κ3) is 3.51. The Bertz CT molecular complexity index is 846. The van der Waals surface area contributed by atoms with Gasteiger partial charge in [-0.25, -0.2) is 4.98 Å². The first kappa shape index (κ1) is 15.9. The quantitative estimate of drug-likeness (QED) is 0.751. The molecule has 0 spiro atoms. The van der Waals surface area contributed by atoms with Gasteiger partial charge in [0.15, 0.2) is 11.5 Å². The average Bonchev–Trinajstić information content (AvgIpc) is 3.03. The van der Waals surface area contributed by atoms with Gasteiger partial charge < -0.3 is 10.1 Å². The maximum Gasteiger partial charge on any atom is 0.251 e. The molecule has 1 amide bonds. The molecule has 0 fully saturated rings. The zero-order valence-corrected chi connectivity index (χ0v) is 13.6. The van der Waals surface area contributed by atoms with Crippen molar-refractivity contribution in [3.63, 3.8) is 0 Å². The highest BCUT2D eigenvalue weighted by Crippen LogP contribution is 2.12. The molecule has 3 rings (SSSR count). The van der Waals surface area contributed by atoms with E-state index in [-0.39, 0.29) is 18.6 Å². The Morgan fingerprint density at radius 2 is 2.21 bits per heavy atom. The normalized spacial score (nSPS) is 12.1. The Morgan fingerprint density at radius 3 is 3.04 bits per heavy atom. The summed E-state index contributed by atoms with van der Waals surface area (Å²) in [6.45, 7) is 4.28. The number of nitrogens with one attached hydrogen (secondary N) is 1. The minimum absolute atomic E-state index is 0.0539. The lowest BCUT2D eigenvalue weighted by molar-refractivity contribution is 0.0948. The molecule has 0 saturated heterocycles. The first-order chi connectivity index (χ1) is 11.7. The fourth-order valence-corrected chi connectivity index (χ4v) is 2.18. The van der Waals surface area contributed by atoms with Gasteiger partial charge in [0, 0.05) is 24.0 Å². The summed E-state index contributed by atoms with van der Waals surface area (Å²) in [5.74, 6) is 0.910. The van der Waals surface area contributed by atoms with Crippen LogP contribution in [0.15, 0.2) is 42.7 Å². The zero-order valence-electron chi connectivity index (χ0n) is 13.6. The summed E-state index contributed by atoms with van der Waals surface area (Å²) in [5.41, 5.74) is 1.24. The number of hydrogen-bond acceptors (Lipinski definition) is 5. The predicted octanol–water partition coefficient (Wildman–Crippen LogP) is 2.23. The van der Waals surface area contributed by atoms with E-state index in [4.69, 9.17) is 4.74 Å². The fraction of sp³-hybridized carbons (Fsp3) is 0.294. The van der Waals surface area contributed by atoms with Crippen LogP contribution >= 0.6 is 0 Å². The number of ether oxygens (including phenoxy) is 1. The fourth-order valence-electron chi connectivity index (χ4n) is 2.18. The molecule has 24 heavy (non-hydrogen) atoms. The maximum absolute atomic E-state index is 12.3. The number of pyridine rings is 2. The van der Waals surface area contributed by atoms with Crippen molar-refractivity contribution in [2.75, 3.05) is 0 Å². The second kappa shape index (κ2) is 7.08. The number of hydrogen-bond donors (Lipinski definition) is 1. The van der Waals surface area contributed by atoms with Gasteiger partial charge in [-0.2, -0.15) is 0 Å². The van der Waals surface area contributed by atoms with Crippen LogP contribution in [0.4, 0.5) is 0 Å². The molecule has 1 atom stereocenters. The van der Waals surface area contributed by atoms with E-state index in [0.717, 1.165) is 12.1 Å². The molecule has 0 aliphatic rings. The summed E-state index contributed by atoms with van der Waals surface area (Å²) in [5, 5.41) is 11.0. The predicted molar refractivity (Wildman–Crippen MR) is 88.8 cm³/mol. The van der Waals surface area contributed by atoms with Gasteiger partial charge >= 0.3 is 0 Å². The first-order valence-electron chi connectivity index (χ1n) is 7.87. The van der Waals surface area contributed by atoms with Crippen LogP contribution < -0.4 is 10.1 Å². The minimum Gasteiger partial charge on any atom is -0.475 e. The largest absolute Gasteiger partial charge is 0.475 e. The number of carbonyl (C=O) groups is 1. The Kier molecular flexibility index (Phi) is 4.69. The van der Waals surface area contributed by atoms with E-state index in [0.29, 0.717) is 17.3 Å². The topological polar surface area (TPSA) is 81.4 Å². The highest BCUT2D eigenvalue weighted by molar-refractivity contribution is 5.94. The van der Waals surface area contributed by atoms with Crippen molar-refractivity contribution in [2.45, 2.75) is 32.9 Å². The summed E-state index contributed by atoms with van der Waals surface area (Å²) < 4.78 is 7.48. The van der Waals surface area contributed by atoms with E-state index >= 15 is 0 Å². The van der Waals surface area contributed by atoms with E-state index in [1.165, 1.54) is 0 Å². The molecule has 3 aromatic heterocycles. The molecular formula is C17H19N5O2. The molecule has 3 heterocycles. The molecule has 3 aromatic rings. The number of carbonyl (C=O) groups excluding carboxylic acids is 1. The number of nitrogens with zero attached hydrogens (tertiary/aromatic N) is 4. The summed E-state index contributed by atoms with van der Waals surface area (Å²) in [6.07, 6.45) is 4.36. The second-order valence-electron chi connectivity index (χ2n) is 5.45. The Hall–Kier alpha value is -2.96. The number of aromatic nitrogens is 4. The lowest BCUT2D eigenvalue weighted by atomic mass is 10.2. The number of rotatable bonds is 6. The number of fused-ring (bicyclic) bond motifs is 1. The van der Waals surface area contributed by atoms with Crippen LogP contribution in [-0.4, -0.2) is 31.6 Å². The van der Waals surface area contributed by atoms with Gasteiger partial charge in [0.05, 0.1) is 12.6 Å². The zero-order chi connectivity index (χ0) is 16.9. The van der Waals surface area contributed by atoms with Crippen LogP contribution in [-0.2, 0) is 6.54 Å². The lowest BCUT2D eigenvalue weighted by Crippen LogP contribution is -2.24. The van der Waals surface area contributed by atoms with Crippen molar-refractivity contribution in [1.29, 1.82) is 0 Å². The minimum atomic E-state index is -0.209. The smallest absolute Gasteiger partial charge is 0.251 e. The first-order valence-corrected chi connectivity index (χ1v) is 7.87. The van der Waals surface area contributed by atoms with Crippen molar-refractivity contribution in [2.24, 2.45) is 0 Å². The van der Waals surface area contributed by atoms with E-state index < -0.39 is 0 Å². The second-order valence-corrected chi connectivity index (χ2v) is 5.45. The standard InChI is InChI=1S/C17H19N5O2/c1-3-12(2)24-16-10-13(7-8-18-16)17(23)19-11-15-21-20-14-6-4-5-9-22(14)15/h4-10,12H,3,11H2,1-2H3,(H,19,23). The van der Waals surface area contributed by atoms with Crippen LogP contribution in [0, 0.1) is 0 Å². The summed E-state index contributed by atoms with van der Waals surface area (Å²) in [7, 11) is 0. The van der Waals surface area contributed by atoms with Gasteiger partial charge in [-0.3, -0.25) is 9.20 Å². The van der Waals surface area contributed by atoms with E-state index in [1.807, 2.05) is 42.6 Å². The van der Waals surface area contributed by atoms with Crippen molar-refractivity contribution in [3.05, 3.63) is 54.1 Å². The maximum atomic E-state index is 12.3. The van der Waals surface area contributed by atoms with E-state index in [1.54, 1.807) is 18.3 Å². The van der Waals surface area contributed by atoms with Crippen LogP contribution in [0.3, 0.4) is 0 Å². The molecular weight excluding hydrogens is 306 g/mol. The molecule has 0 aromatic carbocycles. The monoisotopic (exact) mass is 325 g/mol. The molecule has 0 aliphatic carbocycles. The molecule has 124 valence electrons. The average molecular weight is 325 g/mol. The summed E-state index contributed by atoms with van der Waals surface area (Å²) >= 11 is 0. The van der Waals surface area contributed by atoms with Gasteiger partial charge in [0.1, 0.15) is 0 Å². The summed E-state index contributed by atoms with van der Waals surface area (Å²) in [4.78, 5) is 16.5. The molecule has 0 aliphatic heterocycles. The van der Waals surface area contributed by atoms with Crippen molar-refractivity contribution < 1.29 is 9.53 Å². The molecule has 1 N–H and O–H groups in total. The van der Waals surface area contributed by atoms with Crippen LogP contribution in [0.2, 0.25) is 0 Å². The van der Waals surface area contributed by atoms with E-state index in [2.05, 4.69) is 20.5 Å². The van der Waals surface area contributed by atoms with Crippen LogP contribution in [0.1, 0.15) is 36.5 Å². The van der Waals surface area contributed by atoms with E-state index in [9.17, 15) is 4.79 Å². The molecule has 0 saturated carbocycles. The molecule has 0 radical (unpaired) electrons. The van der Waals surface area contributed by atoms with Crippen molar-refractivity contribution >= 4 is 11.6 Å². The van der Waals surface area contributed by atoms with Crippen LogP contribution in [0.5, 0.6) is 5.88 Å². The third-order valence-corrected chi connectivity index (χ3v) is 3.69. The highest BCUT2D eigenvalue weighted by atomic mass is 16.5. The van der Waals surface area contributed by atoms with Gasteiger partial charge in [-0.05, 0) is 31.5 Å². The molecule has 7 nitrogen and oxygen atoms in total. The van der Waals surface area contributed by atoms with Gasteiger partial charge in [-0.15, -0.1) is 10.2 Å². The van der Waals surface area contributed by atoms with Crippen molar-refractivity contribution in [1.82, 2.24) is 24.9 Å². The molecule has 7 heteroatoms. The Morgan fingerprint density at radius 1 is 1.33 bits per heavy atom. The van der Waals surface area contributed by atoms with Gasteiger partial charge in [0.25, 0.3) is 5.91 Å².